The molecular weight excluding hydrogens is 338 g/mol. The summed E-state index contributed by atoms with van der Waals surface area (Å²) in [5, 5.41) is 19.1. The molecule has 0 radical (unpaired) electrons. The molecule has 0 amide bonds. The minimum atomic E-state index is -1.34. The Morgan fingerprint density at radius 3 is 2.62 bits per heavy atom. The number of rotatable bonds is 4. The zero-order chi connectivity index (χ0) is 18.3. The van der Waals surface area contributed by atoms with Crippen LogP contribution in [0.25, 0.3) is 0 Å². The average molecular weight is 357 g/mol. The van der Waals surface area contributed by atoms with E-state index in [1.54, 1.807) is 4.57 Å². The third-order valence-corrected chi connectivity index (χ3v) is 5.32. The number of carbonyl (C=O) groups is 1. The van der Waals surface area contributed by atoms with Crippen LogP contribution >= 0.6 is 0 Å². The van der Waals surface area contributed by atoms with Gasteiger partial charge >= 0.3 is 5.97 Å². The van der Waals surface area contributed by atoms with E-state index in [0.717, 1.165) is 37.0 Å². The van der Waals surface area contributed by atoms with Gasteiger partial charge in [0.1, 0.15) is 5.56 Å². The van der Waals surface area contributed by atoms with Gasteiger partial charge in [-0.15, -0.1) is 0 Å². The largest absolute Gasteiger partial charge is 0.503 e. The summed E-state index contributed by atoms with van der Waals surface area (Å²) in [5.41, 5.74) is -0.409. The van der Waals surface area contributed by atoms with Gasteiger partial charge in [0.05, 0.1) is 0 Å². The lowest BCUT2D eigenvalue weighted by Crippen LogP contribution is -2.29. The van der Waals surface area contributed by atoms with Crippen molar-refractivity contribution in [2.45, 2.75) is 37.6 Å². The van der Waals surface area contributed by atoms with Crippen molar-refractivity contribution in [3.05, 3.63) is 51.9 Å². The first kappa shape index (κ1) is 16.5. The lowest BCUT2D eigenvalue weighted by molar-refractivity contribution is 0.0693. The number of fused-ring (bicyclic) bond motifs is 1. The maximum atomic E-state index is 11.8. The fourth-order valence-corrected chi connectivity index (χ4v) is 4.02. The SMILES string of the molecule is O=C(O)c1cn(CC2(c3ccc4c(c3)OCO4)CCCC2)cc(O)c1=O. The van der Waals surface area contributed by atoms with Crippen LogP contribution in [0.2, 0.25) is 0 Å². The Morgan fingerprint density at radius 2 is 1.88 bits per heavy atom. The molecule has 1 aliphatic carbocycles. The first-order valence-corrected chi connectivity index (χ1v) is 8.55. The van der Waals surface area contributed by atoms with Crippen molar-refractivity contribution >= 4 is 5.97 Å². The Balaban J connectivity index is 1.74. The monoisotopic (exact) mass is 357 g/mol. The van der Waals surface area contributed by atoms with E-state index in [4.69, 9.17) is 9.47 Å². The van der Waals surface area contributed by atoms with Crippen LogP contribution in [0.1, 0.15) is 41.6 Å². The van der Waals surface area contributed by atoms with Crippen molar-refractivity contribution in [1.82, 2.24) is 4.57 Å². The standard InChI is InChI=1S/C19H19NO6/c21-14-9-20(8-13(17(14)22)18(23)24)10-19(5-1-2-6-19)12-3-4-15-16(7-12)26-11-25-15/h3-4,7-9,21H,1-2,5-6,10-11H2,(H,23,24). The second kappa shape index (κ2) is 6.09. The maximum absolute atomic E-state index is 11.8. The van der Waals surface area contributed by atoms with Gasteiger partial charge in [0.25, 0.3) is 0 Å². The fraction of sp³-hybridized carbons (Fsp3) is 0.368. The molecule has 4 rings (SSSR count). The number of aromatic hydroxyl groups is 1. The molecule has 0 saturated heterocycles. The number of pyridine rings is 1. The van der Waals surface area contributed by atoms with Crippen molar-refractivity contribution in [3.63, 3.8) is 0 Å². The Hall–Kier alpha value is -2.96. The molecule has 136 valence electrons. The number of hydrogen-bond donors (Lipinski definition) is 2. The molecule has 7 heteroatoms. The quantitative estimate of drug-likeness (QED) is 0.872. The van der Waals surface area contributed by atoms with Gasteiger partial charge in [0, 0.05) is 24.4 Å². The Kier molecular flexibility index (Phi) is 3.86. The molecule has 26 heavy (non-hydrogen) atoms. The molecule has 2 N–H and O–H groups in total. The van der Waals surface area contributed by atoms with Crippen LogP contribution in [0.5, 0.6) is 17.2 Å². The normalized spacial score (nSPS) is 17.4. The Labute approximate surface area is 149 Å². The predicted molar refractivity (Wildman–Crippen MR) is 92.0 cm³/mol. The first-order valence-electron chi connectivity index (χ1n) is 8.55. The maximum Gasteiger partial charge on any atom is 0.341 e. The van der Waals surface area contributed by atoms with Gasteiger partial charge < -0.3 is 24.3 Å². The molecule has 2 aromatic rings. The molecule has 1 aromatic heterocycles. The minimum absolute atomic E-state index is 0.210. The van der Waals surface area contributed by atoms with Crippen LogP contribution in [-0.4, -0.2) is 27.5 Å². The van der Waals surface area contributed by atoms with Gasteiger partial charge in [0.2, 0.25) is 12.2 Å². The van der Waals surface area contributed by atoms with E-state index in [1.165, 1.54) is 12.4 Å². The number of aromatic nitrogens is 1. The van der Waals surface area contributed by atoms with Gasteiger partial charge in [-0.1, -0.05) is 18.9 Å². The number of benzene rings is 1. The van der Waals surface area contributed by atoms with Gasteiger partial charge in [-0.2, -0.15) is 0 Å². The fourth-order valence-electron chi connectivity index (χ4n) is 4.02. The van der Waals surface area contributed by atoms with E-state index in [9.17, 15) is 19.8 Å². The number of aromatic carboxylic acids is 1. The Morgan fingerprint density at radius 1 is 1.15 bits per heavy atom. The number of ether oxygens (including phenoxy) is 2. The van der Waals surface area contributed by atoms with Crippen molar-refractivity contribution in [1.29, 1.82) is 0 Å². The second-order valence-electron chi connectivity index (χ2n) is 6.92. The van der Waals surface area contributed by atoms with Gasteiger partial charge in [0.15, 0.2) is 17.2 Å². The van der Waals surface area contributed by atoms with Gasteiger partial charge in [-0.3, -0.25) is 4.79 Å². The molecule has 2 heterocycles. The topological polar surface area (TPSA) is 98.0 Å². The van der Waals surface area contributed by atoms with Crippen LogP contribution in [0.4, 0.5) is 0 Å². The van der Waals surface area contributed by atoms with Crippen LogP contribution in [0.15, 0.2) is 35.4 Å². The zero-order valence-corrected chi connectivity index (χ0v) is 14.1. The van der Waals surface area contributed by atoms with Crippen molar-refractivity contribution in [3.8, 4) is 17.2 Å². The molecule has 1 saturated carbocycles. The van der Waals surface area contributed by atoms with Crippen LogP contribution in [-0.2, 0) is 12.0 Å². The summed E-state index contributed by atoms with van der Waals surface area (Å²) in [5.74, 6) is -0.467. The predicted octanol–water partition coefficient (Wildman–Crippen LogP) is 2.49. The highest BCUT2D eigenvalue weighted by Crippen LogP contribution is 2.45. The lowest BCUT2D eigenvalue weighted by Gasteiger charge is -2.31. The summed E-state index contributed by atoms with van der Waals surface area (Å²) in [7, 11) is 0. The summed E-state index contributed by atoms with van der Waals surface area (Å²) in [6.45, 7) is 0.683. The molecule has 0 atom stereocenters. The molecule has 0 spiro atoms. The number of carboxylic acid groups (broad SMARTS) is 1. The number of hydrogen-bond acceptors (Lipinski definition) is 5. The van der Waals surface area contributed by atoms with Crippen molar-refractivity contribution in [2.75, 3.05) is 6.79 Å². The number of nitrogens with zero attached hydrogens (tertiary/aromatic N) is 1. The first-order chi connectivity index (χ1) is 12.5. The third kappa shape index (κ3) is 2.69. The van der Waals surface area contributed by atoms with E-state index in [1.807, 2.05) is 18.2 Å². The third-order valence-electron chi connectivity index (χ3n) is 5.32. The van der Waals surface area contributed by atoms with Crippen molar-refractivity contribution in [2.24, 2.45) is 0 Å². The Bertz CT molecular complexity index is 926. The molecule has 2 aliphatic rings. The smallest absolute Gasteiger partial charge is 0.341 e. The van der Waals surface area contributed by atoms with Crippen LogP contribution in [0.3, 0.4) is 0 Å². The highest BCUT2D eigenvalue weighted by molar-refractivity contribution is 5.87. The molecule has 1 aromatic carbocycles. The van der Waals surface area contributed by atoms with E-state index >= 15 is 0 Å². The van der Waals surface area contributed by atoms with E-state index in [2.05, 4.69) is 0 Å². The molecule has 0 bridgehead atoms. The molecule has 0 unspecified atom stereocenters. The summed E-state index contributed by atoms with van der Waals surface area (Å²) < 4.78 is 12.5. The lowest BCUT2D eigenvalue weighted by atomic mass is 9.78. The molecule has 1 fully saturated rings. The molecule has 7 nitrogen and oxygen atoms in total. The van der Waals surface area contributed by atoms with Crippen LogP contribution < -0.4 is 14.9 Å². The minimum Gasteiger partial charge on any atom is -0.503 e. The summed E-state index contributed by atoms with van der Waals surface area (Å²) in [6.07, 6.45) is 6.60. The van der Waals surface area contributed by atoms with E-state index in [-0.39, 0.29) is 12.2 Å². The van der Waals surface area contributed by atoms with Gasteiger partial charge in [-0.25, -0.2) is 4.79 Å². The van der Waals surface area contributed by atoms with Crippen LogP contribution in [0, 0.1) is 0 Å². The van der Waals surface area contributed by atoms with Gasteiger partial charge in [-0.05, 0) is 30.5 Å². The molecule has 1 aliphatic heterocycles. The molecular formula is C19H19NO6. The highest BCUT2D eigenvalue weighted by atomic mass is 16.7. The van der Waals surface area contributed by atoms with E-state index in [0.29, 0.717) is 12.3 Å². The summed E-state index contributed by atoms with van der Waals surface area (Å²) >= 11 is 0. The average Bonchev–Trinajstić information content (AvgIpc) is 3.26. The second-order valence-corrected chi connectivity index (χ2v) is 6.92. The highest BCUT2D eigenvalue weighted by Gasteiger charge is 2.37. The zero-order valence-electron chi connectivity index (χ0n) is 14.1. The summed E-state index contributed by atoms with van der Waals surface area (Å²) in [4.78, 5) is 23.1. The van der Waals surface area contributed by atoms with E-state index < -0.39 is 22.7 Å². The summed E-state index contributed by atoms with van der Waals surface area (Å²) in [6, 6.07) is 5.89. The van der Waals surface area contributed by atoms with Crippen molar-refractivity contribution < 1.29 is 24.5 Å². The number of carboxylic acids is 1.